The van der Waals surface area contributed by atoms with Crippen molar-refractivity contribution in [2.24, 2.45) is 5.41 Å². The lowest BCUT2D eigenvalue weighted by Crippen LogP contribution is -2.46. The molecule has 0 bridgehead atoms. The number of thioether (sulfide) groups is 1. The molecule has 54 heavy (non-hydrogen) atoms. The fourth-order valence-corrected chi connectivity index (χ4v) is 8.24. The molecule has 2 aliphatic rings. The Hall–Kier alpha value is -2.77. The van der Waals surface area contributed by atoms with E-state index in [1.54, 1.807) is 0 Å². The molecule has 2 aliphatic heterocycles. The molecule has 0 radical (unpaired) electrons. The zero-order valence-electron chi connectivity index (χ0n) is 28.6. The van der Waals surface area contributed by atoms with Crippen LogP contribution in [-0.4, -0.2) is 131 Å². The summed E-state index contributed by atoms with van der Waals surface area (Å²) in [7, 11) is -16.4. The third-order valence-corrected chi connectivity index (χ3v) is 11.3. The number of nitrogens with zero attached hydrogens (tertiary/aromatic N) is 3. The number of nitrogens with one attached hydrogen (secondary N) is 3. The van der Waals surface area contributed by atoms with E-state index in [0.29, 0.717) is 0 Å². The molecule has 12 N–H and O–H groups in total. The van der Waals surface area contributed by atoms with Gasteiger partial charge in [-0.3, -0.25) is 28.0 Å². The quantitative estimate of drug-likeness (QED) is 0.0393. The van der Waals surface area contributed by atoms with Gasteiger partial charge in [0.1, 0.15) is 36.4 Å². The highest BCUT2D eigenvalue weighted by atomic mass is 32.2. The summed E-state index contributed by atoms with van der Waals surface area (Å²) in [5.74, 6) is -1.37. The van der Waals surface area contributed by atoms with Crippen LogP contribution in [-0.2, 0) is 50.7 Å². The predicted molar refractivity (Wildman–Crippen MR) is 186 cm³/mol. The average molecular weight is 854 g/mol. The van der Waals surface area contributed by atoms with Gasteiger partial charge in [-0.2, -0.15) is 4.31 Å². The standard InChI is InChI=1S/C25H42N7O18P3S/c1-13(33)8-16(35)54-7-6-27-15(34)4-5-28-23(38)20(37)25(2,3)10-47-53(44,45)50-52(42,43)46-9-14-19(49-51(39,40)41)18(36)24(48-14)32-12-31-17-21(26)29-11-30-22(17)32/h11,14,18-20,24,31,33,36-37H,1,4-10,12H2,2-3H3,(H,27,34)(H,28,38)(H,42,43)(H,44,45)(H2,26,29,30)(H2,39,40,41)/t14-,18+,19-,20+,24-/m1/s1. The number of fused-ring (bicyclic) bond motifs is 1. The number of carbonyl (C=O) groups excluding carboxylic acids is 3. The smallest absolute Gasteiger partial charge is 0.481 e. The van der Waals surface area contributed by atoms with E-state index in [0.717, 1.165) is 18.1 Å². The van der Waals surface area contributed by atoms with Crippen molar-refractivity contribution in [3.63, 3.8) is 0 Å². The molecule has 3 heterocycles. The predicted octanol–water partition coefficient (Wildman–Crippen LogP) is -1.21. The van der Waals surface area contributed by atoms with Crippen LogP contribution in [0.3, 0.4) is 0 Å². The van der Waals surface area contributed by atoms with Gasteiger partial charge in [-0.1, -0.05) is 32.2 Å². The number of aromatic nitrogens is 2. The number of hydrogen-bond donors (Lipinski definition) is 11. The highest BCUT2D eigenvalue weighted by Crippen LogP contribution is 2.61. The largest absolute Gasteiger partial charge is 0.512 e. The van der Waals surface area contributed by atoms with Gasteiger partial charge in [0.05, 0.1) is 32.1 Å². The van der Waals surface area contributed by atoms with Gasteiger partial charge < -0.3 is 66.2 Å². The van der Waals surface area contributed by atoms with Crippen molar-refractivity contribution in [1.29, 1.82) is 0 Å². The fraction of sp³-hybridized carbons (Fsp3) is 0.640. The van der Waals surface area contributed by atoms with Gasteiger partial charge in [0, 0.05) is 30.7 Å². The number of rotatable bonds is 21. The number of ether oxygens (including phenoxy) is 1. The molecule has 0 spiro atoms. The number of nitrogens with two attached hydrogens (primary N) is 1. The van der Waals surface area contributed by atoms with Crippen molar-refractivity contribution in [2.45, 2.75) is 57.3 Å². The van der Waals surface area contributed by atoms with Crippen molar-refractivity contribution in [1.82, 2.24) is 20.6 Å². The van der Waals surface area contributed by atoms with E-state index >= 15 is 0 Å². The van der Waals surface area contributed by atoms with Crippen molar-refractivity contribution < 1.29 is 85.6 Å². The van der Waals surface area contributed by atoms with Crippen LogP contribution >= 0.6 is 35.2 Å². The molecular weight excluding hydrogens is 811 g/mol. The lowest BCUT2D eigenvalue weighted by atomic mass is 9.87. The van der Waals surface area contributed by atoms with Gasteiger partial charge in [-0.15, -0.1) is 0 Å². The first-order valence-electron chi connectivity index (χ1n) is 15.5. The van der Waals surface area contributed by atoms with Crippen molar-refractivity contribution in [2.75, 3.05) is 54.7 Å². The molecule has 1 aromatic rings. The summed E-state index contributed by atoms with van der Waals surface area (Å²) in [6.07, 6.45) is -8.09. The summed E-state index contributed by atoms with van der Waals surface area (Å²) in [5, 5.41) is 37.7. The Morgan fingerprint density at radius 2 is 1.81 bits per heavy atom. The minimum absolute atomic E-state index is 0.0389. The maximum Gasteiger partial charge on any atom is 0.481 e. The Kier molecular flexibility index (Phi) is 16.0. The van der Waals surface area contributed by atoms with E-state index in [4.69, 9.17) is 24.6 Å². The lowest BCUT2D eigenvalue weighted by Gasteiger charge is -2.30. The molecule has 29 heteroatoms. The van der Waals surface area contributed by atoms with E-state index in [9.17, 15) is 57.9 Å². The molecule has 0 aliphatic carbocycles. The normalized spacial score (nSPS) is 22.7. The van der Waals surface area contributed by atoms with Crippen LogP contribution in [0.1, 0.15) is 26.7 Å². The first-order valence-corrected chi connectivity index (χ1v) is 21.0. The molecule has 7 atom stereocenters. The molecule has 1 aromatic heterocycles. The number of allylic oxidation sites excluding steroid dienone is 1. The molecule has 306 valence electrons. The summed E-state index contributed by atoms with van der Waals surface area (Å²) in [6, 6.07) is 0. The van der Waals surface area contributed by atoms with Gasteiger partial charge in [0.25, 0.3) is 0 Å². The molecule has 1 saturated heterocycles. The summed E-state index contributed by atoms with van der Waals surface area (Å²) < 4.78 is 60.9. The molecule has 0 saturated carbocycles. The Morgan fingerprint density at radius 3 is 2.46 bits per heavy atom. The van der Waals surface area contributed by atoms with Crippen LogP contribution in [0.4, 0.5) is 17.3 Å². The second-order valence-corrected chi connectivity index (χ2v) is 17.6. The van der Waals surface area contributed by atoms with Gasteiger partial charge in [0.2, 0.25) is 11.8 Å². The second-order valence-electron chi connectivity index (χ2n) is 12.2. The SMILES string of the molecule is C=C(O)CC(=O)SCCNC(=O)CCNC(=O)[C@H](O)C(C)(C)COP(=O)(O)OP(=O)(O)OC[C@H]1O[C@@H](N2CNc3c(N)ncnc32)[C@@H](O)[C@@H]1OP(=O)(O)O. The lowest BCUT2D eigenvalue weighted by molar-refractivity contribution is -0.137. The Labute approximate surface area is 311 Å². The van der Waals surface area contributed by atoms with E-state index in [1.807, 2.05) is 0 Å². The number of amides is 2. The number of anilines is 3. The van der Waals surface area contributed by atoms with Crippen molar-refractivity contribution in [3.8, 4) is 0 Å². The number of aliphatic hydroxyl groups is 3. The number of aliphatic hydroxyl groups excluding tert-OH is 3. The zero-order valence-corrected chi connectivity index (χ0v) is 32.1. The van der Waals surface area contributed by atoms with Crippen molar-refractivity contribution >= 4 is 69.5 Å². The molecule has 25 nitrogen and oxygen atoms in total. The third kappa shape index (κ3) is 13.8. The van der Waals surface area contributed by atoms with Crippen LogP contribution in [0.25, 0.3) is 0 Å². The summed E-state index contributed by atoms with van der Waals surface area (Å²) in [5.41, 5.74) is 4.43. The van der Waals surface area contributed by atoms with Crippen LogP contribution < -0.4 is 26.6 Å². The summed E-state index contributed by atoms with van der Waals surface area (Å²) >= 11 is 0.880. The first kappa shape index (κ1) is 45.6. The Balaban J connectivity index is 1.49. The maximum atomic E-state index is 12.7. The molecule has 2 unspecified atom stereocenters. The number of hydrogen-bond acceptors (Lipinski definition) is 20. The van der Waals surface area contributed by atoms with E-state index in [2.05, 4.69) is 41.3 Å². The highest BCUT2D eigenvalue weighted by molar-refractivity contribution is 8.13. The number of nitrogen functional groups attached to an aromatic ring is 1. The number of phosphoric acid groups is 3. The van der Waals surface area contributed by atoms with Crippen LogP contribution in [0, 0.1) is 5.41 Å². The minimum Gasteiger partial charge on any atom is -0.512 e. The third-order valence-electron chi connectivity index (χ3n) is 7.31. The number of carbonyl (C=O) groups is 3. The first-order chi connectivity index (χ1) is 24.9. The van der Waals surface area contributed by atoms with E-state index in [1.165, 1.54) is 18.7 Å². The van der Waals surface area contributed by atoms with Crippen molar-refractivity contribution in [3.05, 3.63) is 18.7 Å². The highest BCUT2D eigenvalue weighted by Gasteiger charge is 2.52. The Morgan fingerprint density at radius 1 is 1.15 bits per heavy atom. The topological polar surface area (TPSA) is 381 Å². The van der Waals surface area contributed by atoms with E-state index in [-0.39, 0.29) is 66.6 Å². The van der Waals surface area contributed by atoms with Gasteiger partial charge in [0.15, 0.2) is 23.0 Å². The summed E-state index contributed by atoms with van der Waals surface area (Å²) in [4.78, 5) is 84.2. The molecular formula is C25H42N7O18P3S. The van der Waals surface area contributed by atoms with Gasteiger partial charge in [-0.05, 0) is 0 Å². The molecule has 0 aromatic carbocycles. The van der Waals surface area contributed by atoms with Crippen LogP contribution in [0.2, 0.25) is 0 Å². The van der Waals surface area contributed by atoms with Gasteiger partial charge in [-0.25, -0.2) is 23.7 Å². The number of phosphoric ester groups is 3. The monoisotopic (exact) mass is 853 g/mol. The second kappa shape index (κ2) is 18.9. The summed E-state index contributed by atoms with van der Waals surface area (Å²) in [6.45, 7) is 3.47. The maximum absolute atomic E-state index is 12.7. The Bertz CT molecular complexity index is 1690. The minimum atomic E-state index is -5.56. The fourth-order valence-electron chi connectivity index (χ4n) is 4.71. The zero-order chi connectivity index (χ0) is 40.6. The van der Waals surface area contributed by atoms with Crippen LogP contribution in [0.15, 0.2) is 18.7 Å². The van der Waals surface area contributed by atoms with Crippen LogP contribution in [0.5, 0.6) is 0 Å². The molecule has 2 amide bonds. The molecule has 3 rings (SSSR count). The molecule has 1 fully saturated rings. The van der Waals surface area contributed by atoms with E-state index < -0.39 is 84.6 Å². The van der Waals surface area contributed by atoms with Gasteiger partial charge >= 0.3 is 23.5 Å². The average Bonchev–Trinajstić information content (AvgIpc) is 3.60.